The number of carbonyl (C=O) groups excluding carboxylic acids is 1. The lowest BCUT2D eigenvalue weighted by atomic mass is 9.98. The number of nitrogens with zero attached hydrogens (tertiary/aromatic N) is 4. The summed E-state index contributed by atoms with van der Waals surface area (Å²) in [6, 6.07) is 4.03. The van der Waals surface area contributed by atoms with Gasteiger partial charge in [0.25, 0.3) is 5.91 Å². The average molecular weight is 410 g/mol. The van der Waals surface area contributed by atoms with Crippen molar-refractivity contribution in [2.24, 2.45) is 5.92 Å². The number of rotatable bonds is 4. The second kappa shape index (κ2) is 8.16. The Morgan fingerprint density at radius 3 is 2.73 bits per heavy atom. The molecule has 0 radical (unpaired) electrons. The maximum Gasteiger partial charge on any atom is 0.273 e. The lowest BCUT2D eigenvalue weighted by molar-refractivity contribution is 0.0472. The van der Waals surface area contributed by atoms with E-state index in [0.29, 0.717) is 18.2 Å². The third-order valence-corrected chi connectivity index (χ3v) is 6.31. The Balaban J connectivity index is 1.75. The quantitative estimate of drug-likeness (QED) is 0.842. The van der Waals surface area contributed by atoms with Gasteiger partial charge >= 0.3 is 0 Å². The van der Waals surface area contributed by atoms with E-state index in [1.165, 1.54) is 11.1 Å². The molecule has 1 N–H and O–H groups in total. The van der Waals surface area contributed by atoms with E-state index in [4.69, 9.17) is 4.98 Å². The first-order chi connectivity index (χ1) is 14.3. The molecule has 0 spiro atoms. The van der Waals surface area contributed by atoms with E-state index in [9.17, 15) is 4.79 Å². The van der Waals surface area contributed by atoms with Gasteiger partial charge in [0.2, 0.25) is 0 Å². The summed E-state index contributed by atoms with van der Waals surface area (Å²) in [5, 5.41) is 4.54. The van der Waals surface area contributed by atoms with Crippen molar-refractivity contribution in [2.75, 3.05) is 39.8 Å². The van der Waals surface area contributed by atoms with Gasteiger partial charge in [-0.1, -0.05) is 19.9 Å². The number of hydrogen-bond donors (Lipinski definition) is 1. The second-order valence-corrected chi connectivity index (χ2v) is 9.84. The van der Waals surface area contributed by atoms with Crippen molar-refractivity contribution in [1.29, 1.82) is 0 Å². The maximum absolute atomic E-state index is 13.3. The van der Waals surface area contributed by atoms with Gasteiger partial charge < -0.3 is 19.7 Å². The predicted molar refractivity (Wildman–Crippen MR) is 123 cm³/mol. The number of nitrogens with one attached hydrogen (secondary N) is 1. The minimum Gasteiger partial charge on any atom is -0.332 e. The molecule has 162 valence electrons. The van der Waals surface area contributed by atoms with Crippen LogP contribution in [0.2, 0.25) is 0 Å². The molecule has 1 saturated heterocycles. The molecule has 0 aromatic carbocycles. The Kier molecular flexibility index (Phi) is 5.73. The Morgan fingerprint density at radius 2 is 2.07 bits per heavy atom. The minimum atomic E-state index is -0.212. The van der Waals surface area contributed by atoms with Crippen LogP contribution in [0.1, 0.15) is 50.2 Å². The molecule has 1 fully saturated rings. The van der Waals surface area contributed by atoms with Crippen molar-refractivity contribution in [3.05, 3.63) is 35.7 Å². The Bertz CT molecular complexity index is 971. The van der Waals surface area contributed by atoms with E-state index < -0.39 is 0 Å². The molecular formula is C24H35N5O. The normalized spacial score (nSPS) is 20.1. The lowest BCUT2D eigenvalue weighted by Gasteiger charge is -2.42. The first kappa shape index (κ1) is 21.1. The summed E-state index contributed by atoms with van der Waals surface area (Å²) in [7, 11) is 2.16. The average Bonchev–Trinajstić information content (AvgIpc) is 3.05. The van der Waals surface area contributed by atoms with Crippen LogP contribution >= 0.6 is 0 Å². The summed E-state index contributed by atoms with van der Waals surface area (Å²) < 4.78 is 2.24. The molecule has 0 saturated carbocycles. The summed E-state index contributed by atoms with van der Waals surface area (Å²) in [5.41, 5.74) is 3.93. The molecule has 2 aromatic rings. The van der Waals surface area contributed by atoms with Crippen LogP contribution in [0, 0.1) is 5.92 Å². The van der Waals surface area contributed by atoms with Crippen molar-refractivity contribution in [1.82, 2.24) is 24.7 Å². The highest BCUT2D eigenvalue weighted by atomic mass is 16.2. The molecule has 2 aromatic heterocycles. The Labute approximate surface area is 179 Å². The van der Waals surface area contributed by atoms with Crippen LogP contribution in [0.3, 0.4) is 0 Å². The van der Waals surface area contributed by atoms with Crippen LogP contribution in [-0.4, -0.2) is 70.6 Å². The van der Waals surface area contributed by atoms with Gasteiger partial charge in [-0.25, -0.2) is 4.98 Å². The molecule has 6 heteroatoms. The number of likely N-dealkylation sites (N-methyl/N-ethyl adjacent to an activating group) is 1. The van der Waals surface area contributed by atoms with E-state index in [2.05, 4.69) is 67.9 Å². The highest BCUT2D eigenvalue weighted by molar-refractivity contribution is 5.97. The van der Waals surface area contributed by atoms with Gasteiger partial charge in [-0.3, -0.25) is 4.79 Å². The molecule has 6 nitrogen and oxygen atoms in total. The van der Waals surface area contributed by atoms with Crippen molar-refractivity contribution in [3.63, 3.8) is 0 Å². The van der Waals surface area contributed by atoms with Crippen LogP contribution in [-0.2, 0) is 6.54 Å². The standard InChI is InChI=1S/C24H35N5O/c1-17(2)14-28-15-20(18-8-11-27(5)12-9-18)19-6-7-21(26-22(19)28)23(30)29-13-10-25-16-24(29,3)4/h6-8,15,17,25H,9-14,16H2,1-5H3. The number of fused-ring (bicyclic) bond motifs is 1. The minimum absolute atomic E-state index is 0.0285. The summed E-state index contributed by atoms with van der Waals surface area (Å²) >= 11 is 0. The van der Waals surface area contributed by atoms with Crippen LogP contribution < -0.4 is 5.32 Å². The number of hydrogen-bond acceptors (Lipinski definition) is 4. The van der Waals surface area contributed by atoms with Crippen LogP contribution in [0.4, 0.5) is 0 Å². The van der Waals surface area contributed by atoms with Gasteiger partial charge in [0.15, 0.2) is 0 Å². The Hall–Kier alpha value is -2.18. The lowest BCUT2D eigenvalue weighted by Crippen LogP contribution is -2.59. The molecule has 1 amide bonds. The molecule has 30 heavy (non-hydrogen) atoms. The summed E-state index contributed by atoms with van der Waals surface area (Å²) in [4.78, 5) is 22.6. The summed E-state index contributed by atoms with van der Waals surface area (Å²) in [5.74, 6) is 0.536. The molecule has 2 aliphatic rings. The third kappa shape index (κ3) is 4.03. The number of pyridine rings is 1. The van der Waals surface area contributed by atoms with E-state index in [1.807, 2.05) is 11.0 Å². The molecule has 2 aliphatic heterocycles. The number of carbonyl (C=O) groups is 1. The van der Waals surface area contributed by atoms with Gasteiger partial charge in [-0.05, 0) is 50.9 Å². The zero-order valence-corrected chi connectivity index (χ0v) is 19.0. The van der Waals surface area contributed by atoms with Crippen molar-refractivity contribution < 1.29 is 4.79 Å². The van der Waals surface area contributed by atoms with Crippen LogP contribution in [0.15, 0.2) is 24.4 Å². The van der Waals surface area contributed by atoms with Gasteiger partial charge in [0.1, 0.15) is 11.3 Å². The van der Waals surface area contributed by atoms with Gasteiger partial charge in [-0.2, -0.15) is 0 Å². The van der Waals surface area contributed by atoms with E-state index >= 15 is 0 Å². The summed E-state index contributed by atoms with van der Waals surface area (Å²) in [6.45, 7) is 14.0. The fraction of sp³-hybridized carbons (Fsp3) is 0.583. The fourth-order valence-corrected chi connectivity index (χ4v) is 4.58. The molecule has 4 heterocycles. The van der Waals surface area contributed by atoms with E-state index in [1.54, 1.807) is 0 Å². The van der Waals surface area contributed by atoms with Crippen LogP contribution in [0.25, 0.3) is 16.6 Å². The van der Waals surface area contributed by atoms with Crippen molar-refractivity contribution >= 4 is 22.5 Å². The molecule has 0 bridgehead atoms. The van der Waals surface area contributed by atoms with E-state index in [0.717, 1.165) is 50.2 Å². The van der Waals surface area contributed by atoms with Crippen molar-refractivity contribution in [2.45, 2.75) is 46.2 Å². The number of amides is 1. The van der Waals surface area contributed by atoms with Gasteiger partial charge in [-0.15, -0.1) is 0 Å². The smallest absolute Gasteiger partial charge is 0.273 e. The zero-order valence-electron chi connectivity index (χ0n) is 19.0. The third-order valence-electron chi connectivity index (χ3n) is 6.31. The number of aromatic nitrogens is 2. The maximum atomic E-state index is 13.3. The van der Waals surface area contributed by atoms with Crippen LogP contribution in [0.5, 0.6) is 0 Å². The number of piperazine rings is 1. The molecule has 4 rings (SSSR count). The first-order valence-electron chi connectivity index (χ1n) is 11.2. The molecule has 0 atom stereocenters. The second-order valence-electron chi connectivity index (χ2n) is 9.84. The topological polar surface area (TPSA) is 53.4 Å². The first-order valence-corrected chi connectivity index (χ1v) is 11.2. The molecular weight excluding hydrogens is 374 g/mol. The molecule has 0 aliphatic carbocycles. The van der Waals surface area contributed by atoms with E-state index in [-0.39, 0.29) is 11.4 Å². The van der Waals surface area contributed by atoms with Gasteiger partial charge in [0.05, 0.1) is 5.54 Å². The monoisotopic (exact) mass is 409 g/mol. The predicted octanol–water partition coefficient (Wildman–Crippen LogP) is 3.24. The largest absolute Gasteiger partial charge is 0.332 e. The zero-order chi connectivity index (χ0) is 21.5. The molecule has 0 unspecified atom stereocenters. The van der Waals surface area contributed by atoms with Gasteiger partial charge in [0, 0.05) is 56.4 Å². The fourth-order valence-electron chi connectivity index (χ4n) is 4.58. The van der Waals surface area contributed by atoms with Crippen molar-refractivity contribution in [3.8, 4) is 0 Å². The highest BCUT2D eigenvalue weighted by Crippen LogP contribution is 2.31. The Morgan fingerprint density at radius 1 is 1.27 bits per heavy atom. The highest BCUT2D eigenvalue weighted by Gasteiger charge is 2.34. The SMILES string of the molecule is CC(C)Cn1cc(C2=CCN(C)CC2)c2ccc(C(=O)N3CCNCC3(C)C)nc21. The summed E-state index contributed by atoms with van der Waals surface area (Å²) in [6.07, 6.45) is 5.63.